The summed E-state index contributed by atoms with van der Waals surface area (Å²) in [5.41, 5.74) is 0.226. The van der Waals surface area contributed by atoms with Crippen LogP contribution in [0.25, 0.3) is 0 Å². The molecule has 2 aromatic rings. The molecular weight excluding hydrogens is 440 g/mol. The second-order valence-electron chi connectivity index (χ2n) is 6.59. The van der Waals surface area contributed by atoms with E-state index < -0.39 is 15.9 Å². The lowest BCUT2D eigenvalue weighted by Crippen LogP contribution is -2.26. The van der Waals surface area contributed by atoms with E-state index in [1.165, 1.54) is 23.5 Å². The highest BCUT2D eigenvalue weighted by atomic mass is 79.9. The number of amides is 1. The lowest BCUT2D eigenvalue weighted by Gasteiger charge is -2.09. The summed E-state index contributed by atoms with van der Waals surface area (Å²) in [6, 6.07) is 4.39. The van der Waals surface area contributed by atoms with Crippen LogP contribution in [0.2, 0.25) is 0 Å². The number of aromatic nitrogens is 2. The topological polar surface area (TPSA) is 101 Å². The summed E-state index contributed by atoms with van der Waals surface area (Å²) in [6.45, 7) is 4.16. The van der Waals surface area contributed by atoms with Crippen LogP contribution in [-0.2, 0) is 16.4 Å². The fraction of sp³-hybridized carbons (Fsp3) is 0.438. The Morgan fingerprint density at radius 3 is 2.73 bits per heavy atom. The van der Waals surface area contributed by atoms with Gasteiger partial charge in [-0.3, -0.25) is 10.1 Å². The number of halogens is 1. The Morgan fingerprint density at radius 2 is 2.08 bits per heavy atom. The molecule has 1 aromatic carbocycles. The number of anilines is 1. The van der Waals surface area contributed by atoms with Crippen LogP contribution in [-0.4, -0.2) is 30.6 Å². The van der Waals surface area contributed by atoms with Gasteiger partial charge in [0.1, 0.15) is 5.01 Å². The zero-order valence-electron chi connectivity index (χ0n) is 14.3. The van der Waals surface area contributed by atoms with Crippen molar-refractivity contribution in [3.05, 3.63) is 33.2 Å². The number of hydrogen-bond acceptors (Lipinski definition) is 6. The molecule has 1 fully saturated rings. The molecule has 0 atom stereocenters. The van der Waals surface area contributed by atoms with Gasteiger partial charge in [-0.05, 0) is 52.9 Å². The minimum absolute atomic E-state index is 0.00157. The first-order valence-electron chi connectivity index (χ1n) is 8.20. The molecule has 7 nitrogen and oxygen atoms in total. The van der Waals surface area contributed by atoms with Crippen molar-refractivity contribution in [2.75, 3.05) is 5.32 Å². The number of nitrogens with zero attached hydrogens (tertiary/aromatic N) is 2. The SMILES string of the molecule is CC(C)Cc1nnc(NC(=O)c2cc(S(=O)(=O)NC3CC3)ccc2Br)s1. The maximum Gasteiger partial charge on any atom is 0.258 e. The number of sulfonamides is 1. The Bertz CT molecular complexity index is 923. The molecule has 0 radical (unpaired) electrons. The van der Waals surface area contributed by atoms with E-state index in [1.807, 2.05) is 0 Å². The standard InChI is InChI=1S/C16H19BrN4O3S2/c1-9(2)7-14-19-20-16(25-14)18-15(22)12-8-11(5-6-13(12)17)26(23,24)21-10-3-4-10/h5-6,8-10,21H,3-4,7H2,1-2H3,(H,18,20,22). The minimum atomic E-state index is -3.63. The highest BCUT2D eigenvalue weighted by Gasteiger charge is 2.28. The van der Waals surface area contributed by atoms with E-state index in [-0.39, 0.29) is 16.5 Å². The molecule has 1 amide bonds. The first kappa shape index (κ1) is 19.4. The summed E-state index contributed by atoms with van der Waals surface area (Å²) in [7, 11) is -3.63. The average molecular weight is 459 g/mol. The zero-order valence-corrected chi connectivity index (χ0v) is 17.5. The molecular formula is C16H19BrN4O3S2. The summed E-state index contributed by atoms with van der Waals surface area (Å²) in [4.78, 5) is 12.6. The third-order valence-electron chi connectivity index (χ3n) is 3.66. The van der Waals surface area contributed by atoms with Crippen LogP contribution in [0.3, 0.4) is 0 Å². The largest absolute Gasteiger partial charge is 0.296 e. The monoisotopic (exact) mass is 458 g/mol. The first-order chi connectivity index (χ1) is 12.2. The summed E-state index contributed by atoms with van der Waals surface area (Å²) >= 11 is 4.62. The van der Waals surface area contributed by atoms with Crippen LogP contribution in [0.4, 0.5) is 5.13 Å². The smallest absolute Gasteiger partial charge is 0.258 e. The molecule has 1 aliphatic rings. The average Bonchev–Trinajstić information content (AvgIpc) is 3.24. The van der Waals surface area contributed by atoms with Crippen molar-refractivity contribution in [2.24, 2.45) is 5.92 Å². The molecule has 0 unspecified atom stereocenters. The zero-order chi connectivity index (χ0) is 18.9. The molecule has 10 heteroatoms. The predicted octanol–water partition coefficient (Wildman–Crippen LogP) is 3.19. The highest BCUT2D eigenvalue weighted by molar-refractivity contribution is 9.10. The van der Waals surface area contributed by atoms with Gasteiger partial charge in [-0.25, -0.2) is 13.1 Å². The summed E-state index contributed by atoms with van der Waals surface area (Å²) in [6.07, 6.45) is 2.48. The second-order valence-corrected chi connectivity index (χ2v) is 10.2. The Hall–Kier alpha value is -1.36. The summed E-state index contributed by atoms with van der Waals surface area (Å²) < 4.78 is 27.8. The molecule has 1 aliphatic carbocycles. The minimum Gasteiger partial charge on any atom is -0.296 e. The van der Waals surface area contributed by atoms with Crippen LogP contribution >= 0.6 is 27.3 Å². The van der Waals surface area contributed by atoms with Gasteiger partial charge in [0.25, 0.3) is 5.91 Å². The maximum absolute atomic E-state index is 12.6. The second kappa shape index (κ2) is 7.71. The quantitative estimate of drug-likeness (QED) is 0.663. The third kappa shape index (κ3) is 4.87. The molecule has 0 aliphatic heterocycles. The van der Waals surface area contributed by atoms with Crippen LogP contribution in [0.15, 0.2) is 27.6 Å². The number of carbonyl (C=O) groups is 1. The van der Waals surface area contributed by atoms with Crippen molar-refractivity contribution >= 4 is 48.3 Å². The Labute approximate surface area is 164 Å². The molecule has 140 valence electrons. The van der Waals surface area contributed by atoms with E-state index in [4.69, 9.17) is 0 Å². The molecule has 0 bridgehead atoms. The van der Waals surface area contributed by atoms with Gasteiger partial charge in [0, 0.05) is 16.9 Å². The predicted molar refractivity (Wildman–Crippen MR) is 104 cm³/mol. The van der Waals surface area contributed by atoms with Crippen molar-refractivity contribution < 1.29 is 13.2 Å². The van der Waals surface area contributed by atoms with Crippen LogP contribution in [0.1, 0.15) is 42.1 Å². The fourth-order valence-corrected chi connectivity index (χ4v) is 4.94. The molecule has 26 heavy (non-hydrogen) atoms. The van der Waals surface area contributed by atoms with Crippen LogP contribution < -0.4 is 10.0 Å². The fourth-order valence-electron chi connectivity index (χ4n) is 2.23. The van der Waals surface area contributed by atoms with Gasteiger partial charge in [-0.1, -0.05) is 25.2 Å². The number of benzene rings is 1. The molecule has 0 saturated heterocycles. The Balaban J connectivity index is 1.78. The van der Waals surface area contributed by atoms with Gasteiger partial charge in [0.2, 0.25) is 15.2 Å². The first-order valence-corrected chi connectivity index (χ1v) is 11.3. The molecule has 2 N–H and O–H groups in total. The molecule has 0 spiro atoms. The molecule has 1 aromatic heterocycles. The van der Waals surface area contributed by atoms with Gasteiger partial charge in [0.15, 0.2) is 0 Å². The van der Waals surface area contributed by atoms with Crippen molar-refractivity contribution in [3.63, 3.8) is 0 Å². The van der Waals surface area contributed by atoms with Crippen molar-refractivity contribution in [2.45, 2.75) is 44.0 Å². The van der Waals surface area contributed by atoms with E-state index in [0.29, 0.717) is 15.5 Å². The van der Waals surface area contributed by atoms with E-state index in [9.17, 15) is 13.2 Å². The van der Waals surface area contributed by atoms with Crippen LogP contribution in [0.5, 0.6) is 0 Å². The van der Waals surface area contributed by atoms with E-state index >= 15 is 0 Å². The number of nitrogens with one attached hydrogen (secondary N) is 2. The lowest BCUT2D eigenvalue weighted by molar-refractivity contribution is 0.102. The van der Waals surface area contributed by atoms with Gasteiger partial charge < -0.3 is 0 Å². The van der Waals surface area contributed by atoms with Gasteiger partial charge in [-0.15, -0.1) is 10.2 Å². The van der Waals surface area contributed by atoms with Gasteiger partial charge in [-0.2, -0.15) is 0 Å². The summed E-state index contributed by atoms with van der Waals surface area (Å²) in [5, 5.41) is 12.0. The molecule has 1 saturated carbocycles. The summed E-state index contributed by atoms with van der Waals surface area (Å²) in [5.74, 6) is 0.00842. The lowest BCUT2D eigenvalue weighted by atomic mass is 10.1. The maximum atomic E-state index is 12.6. The van der Waals surface area contributed by atoms with E-state index in [1.54, 1.807) is 6.07 Å². The number of hydrogen-bond donors (Lipinski definition) is 2. The third-order valence-corrected chi connectivity index (χ3v) is 6.73. The highest BCUT2D eigenvalue weighted by Crippen LogP contribution is 2.26. The number of carbonyl (C=O) groups excluding carboxylic acids is 1. The molecule has 1 heterocycles. The Kier molecular flexibility index (Phi) is 5.75. The van der Waals surface area contributed by atoms with E-state index in [2.05, 4.69) is 50.0 Å². The van der Waals surface area contributed by atoms with E-state index in [0.717, 1.165) is 24.3 Å². The van der Waals surface area contributed by atoms with Crippen molar-refractivity contribution in [1.29, 1.82) is 0 Å². The number of rotatable bonds is 7. The van der Waals surface area contributed by atoms with Crippen molar-refractivity contribution in [1.82, 2.24) is 14.9 Å². The van der Waals surface area contributed by atoms with Gasteiger partial charge in [0.05, 0.1) is 10.5 Å². The van der Waals surface area contributed by atoms with Crippen molar-refractivity contribution in [3.8, 4) is 0 Å². The molecule has 3 rings (SSSR count). The van der Waals surface area contributed by atoms with Crippen LogP contribution in [0, 0.1) is 5.92 Å². The Morgan fingerprint density at radius 1 is 1.35 bits per heavy atom. The van der Waals surface area contributed by atoms with Gasteiger partial charge >= 0.3 is 0 Å². The normalized spacial score (nSPS) is 14.6.